The Labute approximate surface area is 163 Å². The number of rotatable bonds is 4. The van der Waals surface area contributed by atoms with Crippen molar-refractivity contribution in [3.05, 3.63) is 71.7 Å². The van der Waals surface area contributed by atoms with E-state index in [4.69, 9.17) is 9.15 Å². The van der Waals surface area contributed by atoms with Crippen molar-refractivity contribution in [2.24, 2.45) is 0 Å². The Morgan fingerprint density at radius 3 is 2.79 bits per heavy atom. The lowest BCUT2D eigenvalue weighted by Gasteiger charge is -2.26. The summed E-state index contributed by atoms with van der Waals surface area (Å²) in [5.74, 6) is 0.345. The summed E-state index contributed by atoms with van der Waals surface area (Å²) in [6.45, 7) is 4.29. The molecule has 0 radical (unpaired) electrons. The summed E-state index contributed by atoms with van der Waals surface area (Å²) in [7, 11) is 0. The Bertz CT molecular complexity index is 977. The second-order valence-electron chi connectivity index (χ2n) is 7.18. The highest BCUT2D eigenvalue weighted by Crippen LogP contribution is 2.39. The standard InChI is InChI=1S/C22H21N3O3/c26-22-21(17-12-16(4-6-18(17)24-22)20-2-1-9-28-20)19-5-3-15(13-23-19)14-25-7-10-27-11-8-25/h1-6,9,12-13,21H,7-8,10-11,14H2,(H,24,26). The van der Waals surface area contributed by atoms with Crippen molar-refractivity contribution < 1.29 is 13.9 Å². The van der Waals surface area contributed by atoms with Crippen LogP contribution in [0.4, 0.5) is 5.69 Å². The largest absolute Gasteiger partial charge is 0.464 e. The predicted octanol–water partition coefficient (Wildman–Crippen LogP) is 3.26. The molecular weight excluding hydrogens is 354 g/mol. The highest BCUT2D eigenvalue weighted by atomic mass is 16.5. The van der Waals surface area contributed by atoms with Crippen molar-refractivity contribution in [1.82, 2.24) is 9.88 Å². The van der Waals surface area contributed by atoms with E-state index in [9.17, 15) is 4.79 Å². The number of fused-ring (bicyclic) bond motifs is 1. The SMILES string of the molecule is O=C1Nc2ccc(-c3ccco3)cc2C1c1ccc(CN2CCOCC2)cn1. The molecule has 4 heterocycles. The third kappa shape index (κ3) is 3.21. The molecule has 0 spiro atoms. The Hall–Kier alpha value is -2.96. The van der Waals surface area contributed by atoms with Gasteiger partial charge in [0.15, 0.2) is 0 Å². The maximum atomic E-state index is 12.6. The van der Waals surface area contributed by atoms with E-state index >= 15 is 0 Å². The molecule has 28 heavy (non-hydrogen) atoms. The van der Waals surface area contributed by atoms with Crippen molar-refractivity contribution in [3.8, 4) is 11.3 Å². The Kier molecular flexibility index (Phi) is 4.43. The van der Waals surface area contributed by atoms with Crippen LogP contribution in [0.3, 0.4) is 0 Å². The number of carbonyl (C=O) groups excluding carboxylic acids is 1. The van der Waals surface area contributed by atoms with Crippen LogP contribution in [0.15, 0.2) is 59.3 Å². The average molecular weight is 375 g/mol. The van der Waals surface area contributed by atoms with Crippen LogP contribution in [0, 0.1) is 0 Å². The van der Waals surface area contributed by atoms with Gasteiger partial charge in [0.05, 0.1) is 25.2 Å². The zero-order valence-electron chi connectivity index (χ0n) is 15.4. The molecule has 6 nitrogen and oxygen atoms in total. The van der Waals surface area contributed by atoms with Crippen LogP contribution in [-0.4, -0.2) is 42.1 Å². The second-order valence-corrected chi connectivity index (χ2v) is 7.18. The molecule has 2 aromatic heterocycles. The first-order chi connectivity index (χ1) is 13.8. The Morgan fingerprint density at radius 1 is 1.14 bits per heavy atom. The maximum absolute atomic E-state index is 12.6. The number of morpholine rings is 1. The first-order valence-electron chi connectivity index (χ1n) is 9.51. The van der Waals surface area contributed by atoms with Crippen LogP contribution in [0.2, 0.25) is 0 Å². The fraction of sp³-hybridized carbons (Fsp3) is 0.273. The van der Waals surface area contributed by atoms with Gasteiger partial charge in [-0.1, -0.05) is 6.07 Å². The zero-order valence-corrected chi connectivity index (χ0v) is 15.4. The molecule has 1 unspecified atom stereocenters. The summed E-state index contributed by atoms with van der Waals surface area (Å²) in [5.41, 5.74) is 4.64. The van der Waals surface area contributed by atoms with Crippen molar-refractivity contribution in [2.75, 3.05) is 31.6 Å². The number of hydrogen-bond donors (Lipinski definition) is 1. The lowest BCUT2D eigenvalue weighted by Crippen LogP contribution is -2.35. The molecule has 1 saturated heterocycles. The number of amides is 1. The van der Waals surface area contributed by atoms with E-state index in [0.29, 0.717) is 0 Å². The molecule has 0 aliphatic carbocycles. The summed E-state index contributed by atoms with van der Waals surface area (Å²) >= 11 is 0. The van der Waals surface area contributed by atoms with E-state index < -0.39 is 5.92 Å². The van der Waals surface area contributed by atoms with E-state index in [-0.39, 0.29) is 5.91 Å². The van der Waals surface area contributed by atoms with Gasteiger partial charge >= 0.3 is 0 Å². The van der Waals surface area contributed by atoms with E-state index in [0.717, 1.165) is 66.7 Å². The van der Waals surface area contributed by atoms with Gasteiger partial charge in [-0.2, -0.15) is 0 Å². The summed E-state index contributed by atoms with van der Waals surface area (Å²) in [6, 6.07) is 13.7. The van der Waals surface area contributed by atoms with Gasteiger partial charge in [0, 0.05) is 37.1 Å². The molecule has 5 rings (SSSR count). The minimum absolute atomic E-state index is 0.0416. The molecule has 2 aliphatic rings. The smallest absolute Gasteiger partial charge is 0.238 e. The molecule has 142 valence electrons. The fourth-order valence-corrected chi connectivity index (χ4v) is 3.87. The van der Waals surface area contributed by atoms with E-state index in [1.54, 1.807) is 6.26 Å². The minimum Gasteiger partial charge on any atom is -0.464 e. The topological polar surface area (TPSA) is 67.6 Å². The lowest BCUT2D eigenvalue weighted by atomic mass is 9.94. The van der Waals surface area contributed by atoms with Crippen molar-refractivity contribution >= 4 is 11.6 Å². The van der Waals surface area contributed by atoms with Gasteiger partial charge in [-0.25, -0.2) is 0 Å². The Balaban J connectivity index is 1.40. The van der Waals surface area contributed by atoms with Crippen LogP contribution in [0.5, 0.6) is 0 Å². The van der Waals surface area contributed by atoms with Crippen LogP contribution < -0.4 is 5.32 Å². The van der Waals surface area contributed by atoms with Crippen LogP contribution in [0.1, 0.15) is 22.7 Å². The van der Waals surface area contributed by atoms with Gasteiger partial charge in [0.2, 0.25) is 5.91 Å². The number of carbonyl (C=O) groups is 1. The molecule has 1 atom stereocenters. The minimum atomic E-state index is -0.401. The normalized spacial score (nSPS) is 19.4. The maximum Gasteiger partial charge on any atom is 0.238 e. The van der Waals surface area contributed by atoms with E-state index in [2.05, 4.69) is 21.3 Å². The molecule has 0 saturated carbocycles. The molecular formula is C22H21N3O3. The van der Waals surface area contributed by atoms with Crippen LogP contribution >= 0.6 is 0 Å². The molecule has 6 heteroatoms. The second kappa shape index (κ2) is 7.22. The van der Waals surface area contributed by atoms with Crippen LogP contribution in [-0.2, 0) is 16.1 Å². The summed E-state index contributed by atoms with van der Waals surface area (Å²) in [6.07, 6.45) is 3.53. The van der Waals surface area contributed by atoms with Gasteiger partial charge < -0.3 is 14.5 Å². The van der Waals surface area contributed by atoms with Gasteiger partial charge in [0.25, 0.3) is 0 Å². The first kappa shape index (κ1) is 17.2. The molecule has 2 aliphatic heterocycles. The third-order valence-electron chi connectivity index (χ3n) is 5.34. The number of benzene rings is 1. The van der Waals surface area contributed by atoms with Gasteiger partial charge in [-0.15, -0.1) is 0 Å². The summed E-state index contributed by atoms with van der Waals surface area (Å²) < 4.78 is 10.9. The third-order valence-corrected chi connectivity index (χ3v) is 5.34. The number of pyridine rings is 1. The van der Waals surface area contributed by atoms with Crippen molar-refractivity contribution in [2.45, 2.75) is 12.5 Å². The average Bonchev–Trinajstić information content (AvgIpc) is 3.36. The number of furan rings is 1. The number of aromatic nitrogens is 1. The molecule has 0 bridgehead atoms. The van der Waals surface area contributed by atoms with E-state index in [1.807, 2.05) is 42.6 Å². The van der Waals surface area contributed by atoms with Crippen molar-refractivity contribution in [1.29, 1.82) is 0 Å². The quantitative estimate of drug-likeness (QED) is 0.758. The van der Waals surface area contributed by atoms with Gasteiger partial charge in [-0.05, 0) is 47.5 Å². The first-order valence-corrected chi connectivity index (χ1v) is 9.51. The highest BCUT2D eigenvalue weighted by molar-refractivity contribution is 6.05. The monoisotopic (exact) mass is 375 g/mol. The number of hydrogen-bond acceptors (Lipinski definition) is 5. The molecule has 1 N–H and O–H groups in total. The van der Waals surface area contributed by atoms with Gasteiger partial charge in [0.1, 0.15) is 11.7 Å². The molecule has 1 fully saturated rings. The lowest BCUT2D eigenvalue weighted by molar-refractivity contribution is -0.116. The number of nitrogens with zero attached hydrogens (tertiary/aromatic N) is 2. The summed E-state index contributed by atoms with van der Waals surface area (Å²) in [4.78, 5) is 19.6. The number of ether oxygens (including phenoxy) is 1. The fourth-order valence-electron chi connectivity index (χ4n) is 3.87. The molecule has 1 aromatic carbocycles. The van der Waals surface area contributed by atoms with E-state index in [1.165, 1.54) is 0 Å². The number of nitrogens with one attached hydrogen (secondary N) is 1. The summed E-state index contributed by atoms with van der Waals surface area (Å²) in [5, 5.41) is 2.97. The predicted molar refractivity (Wildman–Crippen MR) is 105 cm³/mol. The molecule has 3 aromatic rings. The zero-order chi connectivity index (χ0) is 18.9. The van der Waals surface area contributed by atoms with Gasteiger partial charge in [-0.3, -0.25) is 14.7 Å². The molecule has 1 amide bonds. The van der Waals surface area contributed by atoms with Crippen LogP contribution in [0.25, 0.3) is 11.3 Å². The Morgan fingerprint density at radius 2 is 2.04 bits per heavy atom. The highest BCUT2D eigenvalue weighted by Gasteiger charge is 2.33. The van der Waals surface area contributed by atoms with Crippen molar-refractivity contribution in [3.63, 3.8) is 0 Å². The number of anilines is 1.